The molecule has 0 spiro atoms. The molecule has 1 unspecified atom stereocenters. The molecule has 6 aromatic rings. The van der Waals surface area contributed by atoms with E-state index in [-0.39, 0.29) is 19.3 Å². The summed E-state index contributed by atoms with van der Waals surface area (Å²) in [4.78, 5) is 18.2. The first kappa shape index (κ1) is 43.5. The van der Waals surface area contributed by atoms with Crippen LogP contribution in [0.25, 0.3) is 16.9 Å². The Hall–Kier alpha value is -2.04. The smallest absolute Gasteiger partial charge is 0.172 e. The van der Waals surface area contributed by atoms with E-state index in [4.69, 9.17) is 21.6 Å². The molecule has 302 valence electrons. The zero-order valence-electron chi connectivity index (χ0n) is 31.1. The van der Waals surface area contributed by atoms with Crippen molar-refractivity contribution in [1.29, 1.82) is 0 Å². The van der Waals surface area contributed by atoms with E-state index >= 15 is 0 Å². The fourth-order valence-electron chi connectivity index (χ4n) is 6.97. The summed E-state index contributed by atoms with van der Waals surface area (Å²) < 4.78 is 19.8. The minimum absolute atomic E-state index is 0.173. The molecule has 0 aliphatic carbocycles. The van der Waals surface area contributed by atoms with E-state index in [2.05, 4.69) is 90.2 Å². The van der Waals surface area contributed by atoms with E-state index in [9.17, 15) is 14.4 Å². The molecule has 8 heterocycles. The maximum absolute atomic E-state index is 12.1. The number of nitrogens with zero attached hydrogens (tertiary/aromatic N) is 11. The van der Waals surface area contributed by atoms with Gasteiger partial charge >= 0.3 is 0 Å². The first-order valence-electron chi connectivity index (χ1n) is 18.0. The molecule has 0 bridgehead atoms. The standard InChI is InChI=1S/C14H19BrN4O2S.C14H19BrN4OS.C7H5BrClN3S/c1-22(21)13-8-12(17-14-11(15)9-16-19(13)14)18-6-3-2-4-10(18)5-7-20;1-21-13-8-12(17-14-11(15)9-16-19(13)14)18-6-3-2-4-10(18)5-7-20;1-13-6-2-5(9)11-7-4(8)3-10-12(6)7/h8-10,20H,2-7H2,1H3;8-10,20H,2-7H2,1H3;2-3H,1H3/t10-,22?;10-;/m00./s1. The van der Waals surface area contributed by atoms with Crippen LogP contribution in [0.3, 0.4) is 0 Å². The second-order valence-corrected chi connectivity index (χ2v) is 19.0. The highest BCUT2D eigenvalue weighted by molar-refractivity contribution is 9.11. The molecule has 0 saturated carbocycles. The Morgan fingerprint density at radius 1 is 0.714 bits per heavy atom. The Morgan fingerprint density at radius 2 is 1.16 bits per heavy atom. The molecule has 2 fully saturated rings. The van der Waals surface area contributed by atoms with E-state index in [0.29, 0.717) is 21.9 Å². The number of halogens is 4. The van der Waals surface area contributed by atoms with Crippen molar-refractivity contribution in [3.63, 3.8) is 0 Å². The van der Waals surface area contributed by atoms with Gasteiger partial charge in [0.05, 0.1) is 42.8 Å². The number of hydrogen-bond donors (Lipinski definition) is 2. The Kier molecular flexibility index (Phi) is 15.8. The van der Waals surface area contributed by atoms with Gasteiger partial charge in [-0.15, -0.1) is 23.5 Å². The third-order valence-corrected chi connectivity index (χ3v) is 13.8. The molecule has 8 rings (SSSR count). The second kappa shape index (κ2) is 20.3. The average Bonchev–Trinajstić information content (AvgIpc) is 3.90. The van der Waals surface area contributed by atoms with Crippen LogP contribution in [0.5, 0.6) is 0 Å². The molecule has 56 heavy (non-hydrogen) atoms. The number of thioether (sulfide) groups is 2. The van der Waals surface area contributed by atoms with Crippen molar-refractivity contribution in [2.24, 2.45) is 0 Å². The van der Waals surface area contributed by atoms with Gasteiger partial charge in [-0.1, -0.05) is 11.6 Å². The van der Waals surface area contributed by atoms with Gasteiger partial charge in [0.2, 0.25) is 0 Å². The quantitative estimate of drug-likeness (QED) is 0.107. The van der Waals surface area contributed by atoms with Crippen molar-refractivity contribution in [2.45, 2.75) is 78.5 Å². The summed E-state index contributed by atoms with van der Waals surface area (Å²) >= 11 is 19.4. The lowest BCUT2D eigenvalue weighted by molar-refractivity contribution is 0.262. The van der Waals surface area contributed by atoms with Crippen LogP contribution >= 0.6 is 82.9 Å². The van der Waals surface area contributed by atoms with Crippen LogP contribution in [0.1, 0.15) is 51.4 Å². The molecule has 0 aromatic carbocycles. The van der Waals surface area contributed by atoms with E-state index in [1.54, 1.807) is 63.5 Å². The predicted molar refractivity (Wildman–Crippen MR) is 236 cm³/mol. The monoisotopic (exact) mass is 1030 g/mol. The van der Waals surface area contributed by atoms with Gasteiger partial charge in [-0.3, -0.25) is 4.21 Å². The molecule has 21 heteroatoms. The maximum atomic E-state index is 12.1. The summed E-state index contributed by atoms with van der Waals surface area (Å²) in [6.45, 7) is 2.32. The average molecular weight is 1040 g/mol. The number of anilines is 2. The van der Waals surface area contributed by atoms with E-state index in [1.165, 1.54) is 19.3 Å². The van der Waals surface area contributed by atoms with Crippen molar-refractivity contribution in [3.05, 3.63) is 55.4 Å². The number of aliphatic hydroxyl groups excluding tert-OH is 2. The van der Waals surface area contributed by atoms with Gasteiger partial charge in [-0.25, -0.2) is 28.5 Å². The van der Waals surface area contributed by atoms with Gasteiger partial charge in [-0.05, 0) is 112 Å². The topological polar surface area (TPSA) is 155 Å². The summed E-state index contributed by atoms with van der Waals surface area (Å²) in [6.07, 6.45) is 19.3. The zero-order chi connectivity index (χ0) is 39.9. The Morgan fingerprint density at radius 3 is 1.64 bits per heavy atom. The Balaban J connectivity index is 0.000000147. The number of hydrogen-bond acceptors (Lipinski definition) is 13. The first-order chi connectivity index (χ1) is 27.1. The Labute approximate surface area is 366 Å². The van der Waals surface area contributed by atoms with E-state index < -0.39 is 10.8 Å². The highest BCUT2D eigenvalue weighted by Crippen LogP contribution is 2.32. The highest BCUT2D eigenvalue weighted by Gasteiger charge is 2.26. The molecule has 14 nitrogen and oxygen atoms in total. The Bertz CT molecular complexity index is 2290. The molecule has 3 atom stereocenters. The molecule has 2 saturated heterocycles. The van der Waals surface area contributed by atoms with Crippen molar-refractivity contribution < 1.29 is 14.4 Å². The summed E-state index contributed by atoms with van der Waals surface area (Å²) in [5, 5.41) is 34.5. The highest BCUT2D eigenvalue weighted by atomic mass is 79.9. The largest absolute Gasteiger partial charge is 0.396 e. The molecular weight excluding hydrogens is 994 g/mol. The van der Waals surface area contributed by atoms with Crippen LogP contribution in [0.15, 0.2) is 65.3 Å². The molecule has 2 aliphatic heterocycles. The van der Waals surface area contributed by atoms with Crippen LogP contribution in [0.2, 0.25) is 5.15 Å². The first-order valence-corrected chi connectivity index (χ1v) is 24.8. The normalized spacial score (nSPS) is 17.9. The molecule has 6 aromatic heterocycles. The minimum Gasteiger partial charge on any atom is -0.396 e. The van der Waals surface area contributed by atoms with Crippen molar-refractivity contribution in [2.75, 3.05) is 54.9 Å². The van der Waals surface area contributed by atoms with Crippen LogP contribution in [-0.2, 0) is 10.8 Å². The summed E-state index contributed by atoms with van der Waals surface area (Å²) in [5.74, 6) is 1.81. The third-order valence-electron chi connectivity index (χ3n) is 9.61. The van der Waals surface area contributed by atoms with Crippen molar-refractivity contribution in [1.82, 2.24) is 43.8 Å². The summed E-state index contributed by atoms with van der Waals surface area (Å²) in [5.41, 5.74) is 2.28. The van der Waals surface area contributed by atoms with Crippen LogP contribution in [0.4, 0.5) is 11.6 Å². The van der Waals surface area contributed by atoms with Gasteiger partial charge in [0.25, 0.3) is 0 Å². The maximum Gasteiger partial charge on any atom is 0.172 e. The van der Waals surface area contributed by atoms with Gasteiger partial charge in [0.15, 0.2) is 16.9 Å². The second-order valence-electron chi connectivity index (χ2n) is 13.1. The molecule has 0 radical (unpaired) electrons. The lowest BCUT2D eigenvalue weighted by Crippen LogP contribution is -2.40. The number of aliphatic hydroxyl groups is 2. The van der Waals surface area contributed by atoms with Crippen LogP contribution in [0, 0.1) is 0 Å². The van der Waals surface area contributed by atoms with Crippen molar-refractivity contribution >= 4 is 122 Å². The summed E-state index contributed by atoms with van der Waals surface area (Å²) in [6, 6.07) is 6.42. The van der Waals surface area contributed by atoms with Gasteiger partial charge in [-0.2, -0.15) is 15.3 Å². The lowest BCUT2D eigenvalue weighted by Gasteiger charge is -2.36. The van der Waals surface area contributed by atoms with Crippen LogP contribution < -0.4 is 9.80 Å². The van der Waals surface area contributed by atoms with Gasteiger partial charge in [0.1, 0.15) is 31.9 Å². The molecular formula is C35H43Br3ClN11O3S3. The zero-order valence-corrected chi connectivity index (χ0v) is 39.0. The number of piperidine rings is 2. The number of aromatic nitrogens is 9. The van der Waals surface area contributed by atoms with E-state index in [1.807, 2.05) is 16.8 Å². The third kappa shape index (κ3) is 9.86. The van der Waals surface area contributed by atoms with Gasteiger partial charge < -0.3 is 20.0 Å². The number of rotatable bonds is 9. The minimum atomic E-state index is -1.16. The fourth-order valence-corrected chi connectivity index (χ4v) is 9.97. The van der Waals surface area contributed by atoms with Gasteiger partial charge in [0, 0.05) is 62.8 Å². The predicted octanol–water partition coefficient (Wildman–Crippen LogP) is 7.79. The van der Waals surface area contributed by atoms with Crippen LogP contribution in [-0.4, -0.2) is 115 Å². The number of fused-ring (bicyclic) bond motifs is 3. The van der Waals surface area contributed by atoms with Crippen molar-refractivity contribution in [3.8, 4) is 0 Å². The fraction of sp³-hybridized carbons (Fsp3) is 0.486. The summed E-state index contributed by atoms with van der Waals surface area (Å²) in [7, 11) is -1.16. The SMILES string of the molecule is CS(=O)c1cc(N2CCCC[C@H]2CCO)nc2c(Br)cnn12.CSc1cc(Cl)nc2c(Br)cnn12.CSc1cc(N2CCCC[C@H]2CCO)nc2c(Br)cnn12. The molecule has 2 N–H and O–H groups in total. The molecule has 2 aliphatic rings. The van der Waals surface area contributed by atoms with E-state index in [0.717, 1.165) is 91.6 Å². The molecule has 0 amide bonds. The lowest BCUT2D eigenvalue weighted by atomic mass is 10.00.